The molecular formula is C3H11BO3Si. The quantitative estimate of drug-likeness (QED) is 0.514. The van der Waals surface area contributed by atoms with Gasteiger partial charge in [0.25, 0.3) is 0 Å². The summed E-state index contributed by atoms with van der Waals surface area (Å²) in [4.78, 5) is 0. The van der Waals surface area contributed by atoms with Crippen LogP contribution in [0.1, 0.15) is 0 Å². The molecule has 0 bridgehead atoms. The standard InChI is InChI=1S/C3H11BO3Si/c1-8(2,3)7-4(5)6/h5-6H,1-3H3. The van der Waals surface area contributed by atoms with Crippen molar-refractivity contribution in [3.05, 3.63) is 0 Å². The first-order chi connectivity index (χ1) is 3.42. The van der Waals surface area contributed by atoms with Crippen molar-refractivity contribution >= 4 is 15.6 Å². The Kier molecular flexibility index (Phi) is 2.69. The fraction of sp³-hybridized carbons (Fsp3) is 1.00. The molecule has 0 heterocycles. The summed E-state index contributed by atoms with van der Waals surface area (Å²) in [6, 6.07) is 0. The molecule has 3 nitrogen and oxygen atoms in total. The molecule has 0 radical (unpaired) electrons. The van der Waals surface area contributed by atoms with Crippen LogP contribution in [-0.4, -0.2) is 25.7 Å². The van der Waals surface area contributed by atoms with E-state index in [-0.39, 0.29) is 0 Å². The van der Waals surface area contributed by atoms with Crippen molar-refractivity contribution < 1.29 is 14.4 Å². The third kappa shape index (κ3) is 6.16. The van der Waals surface area contributed by atoms with E-state index in [9.17, 15) is 0 Å². The average Bonchev–Trinajstić information content (AvgIpc) is 1.21. The molecule has 0 saturated carbocycles. The van der Waals surface area contributed by atoms with Crippen LogP contribution < -0.4 is 0 Å². The van der Waals surface area contributed by atoms with Gasteiger partial charge in [-0.25, -0.2) is 0 Å². The monoisotopic (exact) mass is 134 g/mol. The molecular weight excluding hydrogens is 123 g/mol. The van der Waals surface area contributed by atoms with Crippen LogP contribution in [0.4, 0.5) is 0 Å². The van der Waals surface area contributed by atoms with E-state index in [2.05, 4.69) is 4.34 Å². The molecule has 0 aliphatic rings. The second kappa shape index (κ2) is 2.63. The van der Waals surface area contributed by atoms with Gasteiger partial charge < -0.3 is 14.4 Å². The van der Waals surface area contributed by atoms with Crippen LogP contribution in [0.2, 0.25) is 19.6 Å². The van der Waals surface area contributed by atoms with Gasteiger partial charge in [-0.3, -0.25) is 0 Å². The molecule has 0 aromatic rings. The van der Waals surface area contributed by atoms with Crippen molar-refractivity contribution in [2.24, 2.45) is 0 Å². The van der Waals surface area contributed by atoms with Crippen LogP contribution in [0.25, 0.3) is 0 Å². The SMILES string of the molecule is C[Si](C)(C)OB(O)O. The van der Waals surface area contributed by atoms with E-state index < -0.39 is 15.6 Å². The molecule has 48 valence electrons. The Bertz CT molecular complexity index is 69.4. The summed E-state index contributed by atoms with van der Waals surface area (Å²) in [5.41, 5.74) is 0. The maximum Gasteiger partial charge on any atom is 0.622 e. The minimum Gasteiger partial charge on any atom is -0.429 e. The fourth-order valence-corrected chi connectivity index (χ4v) is 0.949. The van der Waals surface area contributed by atoms with Crippen molar-refractivity contribution in [2.75, 3.05) is 0 Å². The van der Waals surface area contributed by atoms with Crippen LogP contribution in [0.5, 0.6) is 0 Å². The molecule has 0 rings (SSSR count). The first-order valence-corrected chi connectivity index (χ1v) is 5.86. The van der Waals surface area contributed by atoms with Gasteiger partial charge in [0.1, 0.15) is 0 Å². The topological polar surface area (TPSA) is 49.7 Å². The Morgan fingerprint density at radius 2 is 1.62 bits per heavy atom. The molecule has 0 saturated heterocycles. The second-order valence-corrected chi connectivity index (χ2v) is 7.02. The Hall–Kier alpha value is 0.162. The summed E-state index contributed by atoms with van der Waals surface area (Å²) < 4.78 is 4.69. The van der Waals surface area contributed by atoms with Crippen LogP contribution in [0.3, 0.4) is 0 Å². The van der Waals surface area contributed by atoms with Gasteiger partial charge in [-0.2, -0.15) is 0 Å². The summed E-state index contributed by atoms with van der Waals surface area (Å²) in [7, 11) is -3.32. The Morgan fingerprint density at radius 3 is 1.62 bits per heavy atom. The normalized spacial score (nSPS) is 11.6. The lowest BCUT2D eigenvalue weighted by atomic mass is 10.3. The maximum absolute atomic E-state index is 8.26. The second-order valence-electron chi connectivity index (χ2n) is 2.56. The number of hydrogen-bond donors (Lipinski definition) is 2. The summed E-state index contributed by atoms with van der Waals surface area (Å²) in [5.74, 6) is 0. The summed E-state index contributed by atoms with van der Waals surface area (Å²) >= 11 is 0. The van der Waals surface area contributed by atoms with Crippen LogP contribution in [-0.2, 0) is 4.34 Å². The van der Waals surface area contributed by atoms with Gasteiger partial charge in [0.2, 0.25) is 0 Å². The first kappa shape index (κ1) is 8.16. The van der Waals surface area contributed by atoms with Gasteiger partial charge in [0.05, 0.1) is 0 Å². The minimum atomic E-state index is -1.72. The third-order valence-electron chi connectivity index (χ3n) is 0.459. The highest BCUT2D eigenvalue weighted by atomic mass is 28.4. The van der Waals surface area contributed by atoms with Gasteiger partial charge in [-0.05, 0) is 19.6 Å². The van der Waals surface area contributed by atoms with Crippen molar-refractivity contribution in [3.8, 4) is 0 Å². The molecule has 0 amide bonds. The lowest BCUT2D eigenvalue weighted by Crippen LogP contribution is -2.34. The molecule has 5 heteroatoms. The molecule has 0 aliphatic carbocycles. The van der Waals surface area contributed by atoms with Gasteiger partial charge in [-0.1, -0.05) is 0 Å². The smallest absolute Gasteiger partial charge is 0.429 e. The Labute approximate surface area is 50.6 Å². The van der Waals surface area contributed by atoms with Crippen molar-refractivity contribution in [3.63, 3.8) is 0 Å². The van der Waals surface area contributed by atoms with E-state index in [4.69, 9.17) is 10.0 Å². The van der Waals surface area contributed by atoms with E-state index in [1.165, 1.54) is 0 Å². The zero-order valence-corrected chi connectivity index (χ0v) is 6.38. The molecule has 0 aliphatic heterocycles. The molecule has 0 spiro atoms. The zero-order chi connectivity index (χ0) is 6.78. The van der Waals surface area contributed by atoms with Crippen molar-refractivity contribution in [1.82, 2.24) is 0 Å². The number of hydrogen-bond acceptors (Lipinski definition) is 3. The van der Waals surface area contributed by atoms with Crippen LogP contribution in [0.15, 0.2) is 0 Å². The first-order valence-electron chi connectivity index (χ1n) is 2.46. The van der Waals surface area contributed by atoms with Gasteiger partial charge in [-0.15, -0.1) is 0 Å². The third-order valence-corrected chi connectivity index (χ3v) is 1.38. The minimum absolute atomic E-state index is 1.60. The molecule has 8 heavy (non-hydrogen) atoms. The van der Waals surface area contributed by atoms with E-state index in [1.54, 1.807) is 0 Å². The van der Waals surface area contributed by atoms with Crippen LogP contribution >= 0.6 is 0 Å². The predicted octanol–water partition coefficient (Wildman–Crippen LogP) is -0.193. The molecule has 0 fully saturated rings. The zero-order valence-electron chi connectivity index (χ0n) is 5.38. The van der Waals surface area contributed by atoms with E-state index in [0.29, 0.717) is 0 Å². The fourth-order valence-electron chi connectivity index (χ4n) is 0.316. The largest absolute Gasteiger partial charge is 0.622 e. The summed E-state index contributed by atoms with van der Waals surface area (Å²) in [5, 5.41) is 16.5. The molecule has 0 unspecified atom stereocenters. The molecule has 0 aromatic carbocycles. The molecule has 2 N–H and O–H groups in total. The summed E-state index contributed by atoms with van der Waals surface area (Å²) in [6.07, 6.45) is 0. The lowest BCUT2D eigenvalue weighted by molar-refractivity contribution is 0.285. The predicted molar refractivity (Wildman–Crippen MR) is 34.6 cm³/mol. The highest BCUT2D eigenvalue weighted by Crippen LogP contribution is 2.01. The highest BCUT2D eigenvalue weighted by molar-refractivity contribution is 6.74. The lowest BCUT2D eigenvalue weighted by Gasteiger charge is -2.15. The van der Waals surface area contributed by atoms with Crippen molar-refractivity contribution in [2.45, 2.75) is 19.6 Å². The molecule has 0 atom stereocenters. The summed E-state index contributed by atoms with van der Waals surface area (Å²) in [6.45, 7) is 5.64. The average molecular weight is 134 g/mol. The Balaban J connectivity index is 3.39. The van der Waals surface area contributed by atoms with E-state index in [0.717, 1.165) is 0 Å². The maximum atomic E-state index is 8.26. The van der Waals surface area contributed by atoms with E-state index >= 15 is 0 Å². The number of rotatable bonds is 2. The Morgan fingerprint density at radius 1 is 1.25 bits per heavy atom. The van der Waals surface area contributed by atoms with Gasteiger partial charge in [0.15, 0.2) is 8.32 Å². The van der Waals surface area contributed by atoms with E-state index in [1.807, 2.05) is 19.6 Å². The highest BCUT2D eigenvalue weighted by Gasteiger charge is 2.21. The molecule has 0 aromatic heterocycles. The van der Waals surface area contributed by atoms with Gasteiger partial charge in [0, 0.05) is 0 Å². The van der Waals surface area contributed by atoms with Gasteiger partial charge >= 0.3 is 7.32 Å². The van der Waals surface area contributed by atoms with Crippen LogP contribution in [0, 0.1) is 0 Å². The van der Waals surface area contributed by atoms with Crippen molar-refractivity contribution in [1.29, 1.82) is 0 Å².